The summed E-state index contributed by atoms with van der Waals surface area (Å²) in [7, 11) is 0. The van der Waals surface area contributed by atoms with Gasteiger partial charge in [0.05, 0.1) is 23.0 Å². The maximum atomic E-state index is 4.55. The van der Waals surface area contributed by atoms with Crippen LogP contribution in [0.5, 0.6) is 0 Å². The molecule has 3 N–H and O–H groups in total. The van der Waals surface area contributed by atoms with Crippen molar-refractivity contribution >= 4 is 39.6 Å². The minimum absolute atomic E-state index is 0.555. The number of imidazole rings is 1. The van der Waals surface area contributed by atoms with Gasteiger partial charge in [-0.25, -0.2) is 15.0 Å². The normalized spacial score (nSPS) is 11.3. The summed E-state index contributed by atoms with van der Waals surface area (Å²) in [5.74, 6) is 1.62. The van der Waals surface area contributed by atoms with E-state index in [2.05, 4.69) is 35.5 Å². The van der Waals surface area contributed by atoms with E-state index in [1.807, 2.05) is 30.5 Å². The molecule has 0 saturated heterocycles. The molecule has 0 radical (unpaired) electrons. The van der Waals surface area contributed by atoms with Gasteiger partial charge in [-0.05, 0) is 18.4 Å². The fourth-order valence-corrected chi connectivity index (χ4v) is 2.91. The lowest BCUT2D eigenvalue weighted by atomic mass is 10.3. The first-order valence-electron chi connectivity index (χ1n) is 6.75. The lowest BCUT2D eigenvalue weighted by Gasteiger charge is -2.04. The monoisotopic (exact) mass is 311 g/mol. The van der Waals surface area contributed by atoms with E-state index in [0.29, 0.717) is 6.54 Å². The number of rotatable bonds is 4. The van der Waals surface area contributed by atoms with Crippen LogP contribution in [0.25, 0.3) is 22.1 Å². The number of fused-ring (bicyclic) bond motifs is 2. The molecule has 8 heteroatoms. The van der Waals surface area contributed by atoms with Crippen LogP contribution in [0.4, 0.5) is 5.82 Å². The predicted octanol–water partition coefficient (Wildman–Crippen LogP) is 2.56. The third-order valence-corrected chi connectivity index (χ3v) is 4.06. The second-order valence-electron chi connectivity index (χ2n) is 4.73. The number of para-hydroxylation sites is 2. The maximum Gasteiger partial charge on any atom is 0.161 e. The number of aromatic nitrogens is 6. The Hall–Kier alpha value is -2.61. The highest BCUT2D eigenvalue weighted by Gasteiger charge is 2.12. The summed E-state index contributed by atoms with van der Waals surface area (Å²) in [4.78, 5) is 16.4. The van der Waals surface area contributed by atoms with Gasteiger partial charge < -0.3 is 10.3 Å². The minimum Gasteiger partial charge on any atom is -0.362 e. The quantitative estimate of drug-likeness (QED) is 0.501. The highest BCUT2D eigenvalue weighted by atomic mass is 32.2. The van der Waals surface area contributed by atoms with Gasteiger partial charge in [-0.2, -0.15) is 5.10 Å². The lowest BCUT2D eigenvalue weighted by Crippen LogP contribution is -2.03. The smallest absolute Gasteiger partial charge is 0.161 e. The van der Waals surface area contributed by atoms with Crippen molar-refractivity contribution in [3.05, 3.63) is 36.4 Å². The molecule has 0 saturated carbocycles. The van der Waals surface area contributed by atoms with E-state index < -0.39 is 0 Å². The highest BCUT2D eigenvalue weighted by Crippen LogP contribution is 2.27. The molecular weight excluding hydrogens is 298 g/mol. The number of thioether (sulfide) groups is 1. The molecule has 0 spiro atoms. The molecule has 4 aromatic rings. The van der Waals surface area contributed by atoms with E-state index in [9.17, 15) is 0 Å². The van der Waals surface area contributed by atoms with Crippen LogP contribution in [0.1, 0.15) is 5.82 Å². The zero-order chi connectivity index (χ0) is 14.9. The molecule has 22 heavy (non-hydrogen) atoms. The Morgan fingerprint density at radius 2 is 2.14 bits per heavy atom. The molecule has 0 aliphatic carbocycles. The van der Waals surface area contributed by atoms with Gasteiger partial charge >= 0.3 is 0 Å². The van der Waals surface area contributed by atoms with Gasteiger partial charge in [0.2, 0.25) is 0 Å². The highest BCUT2D eigenvalue weighted by molar-refractivity contribution is 7.98. The molecule has 0 atom stereocenters. The third kappa shape index (κ3) is 2.17. The lowest BCUT2D eigenvalue weighted by molar-refractivity contribution is 0.997. The van der Waals surface area contributed by atoms with Crippen LogP contribution in [0.15, 0.2) is 35.6 Å². The molecule has 0 aliphatic rings. The molecule has 0 amide bonds. The van der Waals surface area contributed by atoms with E-state index in [4.69, 9.17) is 0 Å². The Balaban J connectivity index is 1.64. The summed E-state index contributed by atoms with van der Waals surface area (Å²) < 4.78 is 0. The SMILES string of the molecule is CSc1n[nH]c2ncnc(NCc3nc4ccccc4[nH]3)c12. The Morgan fingerprint density at radius 1 is 1.23 bits per heavy atom. The van der Waals surface area contributed by atoms with Crippen molar-refractivity contribution in [3.63, 3.8) is 0 Å². The van der Waals surface area contributed by atoms with Crippen LogP contribution >= 0.6 is 11.8 Å². The second kappa shape index (κ2) is 5.30. The van der Waals surface area contributed by atoms with Gasteiger partial charge in [0.15, 0.2) is 5.65 Å². The van der Waals surface area contributed by atoms with Crippen molar-refractivity contribution in [2.24, 2.45) is 0 Å². The Kier molecular flexibility index (Phi) is 3.15. The van der Waals surface area contributed by atoms with Gasteiger partial charge in [0, 0.05) is 0 Å². The van der Waals surface area contributed by atoms with Crippen LogP contribution < -0.4 is 5.32 Å². The molecule has 3 aromatic heterocycles. The number of aromatic amines is 2. The first kappa shape index (κ1) is 13.1. The van der Waals surface area contributed by atoms with E-state index >= 15 is 0 Å². The third-order valence-electron chi connectivity index (χ3n) is 3.38. The van der Waals surface area contributed by atoms with Crippen molar-refractivity contribution < 1.29 is 0 Å². The molecule has 1 aromatic carbocycles. The summed E-state index contributed by atoms with van der Waals surface area (Å²) in [6.45, 7) is 0.555. The Bertz CT molecular complexity index is 910. The summed E-state index contributed by atoms with van der Waals surface area (Å²) in [6, 6.07) is 7.96. The molecule has 7 nitrogen and oxygen atoms in total. The predicted molar refractivity (Wildman–Crippen MR) is 86.9 cm³/mol. The van der Waals surface area contributed by atoms with Crippen molar-refractivity contribution in [3.8, 4) is 0 Å². The van der Waals surface area contributed by atoms with Crippen molar-refractivity contribution in [2.45, 2.75) is 11.6 Å². The zero-order valence-corrected chi connectivity index (χ0v) is 12.6. The fourth-order valence-electron chi connectivity index (χ4n) is 2.37. The number of hydrogen-bond donors (Lipinski definition) is 3. The number of nitrogens with zero attached hydrogens (tertiary/aromatic N) is 4. The van der Waals surface area contributed by atoms with Crippen molar-refractivity contribution in [1.82, 2.24) is 30.1 Å². The average Bonchev–Trinajstić information content (AvgIpc) is 3.16. The first-order chi connectivity index (χ1) is 10.8. The van der Waals surface area contributed by atoms with Gasteiger partial charge in [-0.3, -0.25) is 5.10 Å². The Morgan fingerprint density at radius 3 is 3.00 bits per heavy atom. The molecular formula is C14H13N7S. The maximum absolute atomic E-state index is 4.55. The number of hydrogen-bond acceptors (Lipinski definition) is 6. The summed E-state index contributed by atoms with van der Waals surface area (Å²) >= 11 is 1.56. The summed E-state index contributed by atoms with van der Waals surface area (Å²) in [6.07, 6.45) is 3.50. The molecule has 0 aliphatic heterocycles. The molecule has 110 valence electrons. The number of anilines is 1. The summed E-state index contributed by atoms with van der Waals surface area (Å²) in [5, 5.41) is 12.2. The van der Waals surface area contributed by atoms with Gasteiger partial charge in [-0.1, -0.05) is 12.1 Å². The van der Waals surface area contributed by atoms with E-state index in [1.54, 1.807) is 11.8 Å². The van der Waals surface area contributed by atoms with Gasteiger partial charge in [0.1, 0.15) is 23.0 Å². The largest absolute Gasteiger partial charge is 0.362 e. The zero-order valence-electron chi connectivity index (χ0n) is 11.8. The fraction of sp³-hybridized carbons (Fsp3) is 0.143. The summed E-state index contributed by atoms with van der Waals surface area (Å²) in [5.41, 5.74) is 2.71. The average molecular weight is 311 g/mol. The van der Waals surface area contributed by atoms with Gasteiger partial charge in [-0.15, -0.1) is 11.8 Å². The molecule has 0 unspecified atom stereocenters. The first-order valence-corrected chi connectivity index (χ1v) is 7.98. The van der Waals surface area contributed by atoms with E-state index in [1.165, 1.54) is 6.33 Å². The molecule has 4 rings (SSSR count). The molecule has 0 fully saturated rings. The topological polar surface area (TPSA) is 95.2 Å². The van der Waals surface area contributed by atoms with Crippen LogP contribution in [0.2, 0.25) is 0 Å². The number of benzene rings is 1. The van der Waals surface area contributed by atoms with E-state index in [0.717, 1.165) is 38.7 Å². The van der Waals surface area contributed by atoms with Crippen LogP contribution in [-0.2, 0) is 6.54 Å². The second-order valence-corrected chi connectivity index (χ2v) is 5.53. The number of H-pyrrole nitrogens is 2. The standard InChI is InChI=1S/C14H13N7S/c1-22-14-11-12(16-7-17-13(11)20-21-14)15-6-10-18-8-4-2-3-5-9(8)19-10/h2-5,7H,6H2,1H3,(H,18,19)(H2,15,16,17,20,21). The Labute approximate surface area is 130 Å². The van der Waals surface area contributed by atoms with Crippen molar-refractivity contribution in [1.29, 1.82) is 0 Å². The van der Waals surface area contributed by atoms with Crippen molar-refractivity contribution in [2.75, 3.05) is 11.6 Å². The number of nitrogens with one attached hydrogen (secondary N) is 3. The molecule has 3 heterocycles. The van der Waals surface area contributed by atoms with E-state index in [-0.39, 0.29) is 0 Å². The van der Waals surface area contributed by atoms with Crippen LogP contribution in [0.3, 0.4) is 0 Å². The van der Waals surface area contributed by atoms with Crippen LogP contribution in [0, 0.1) is 0 Å². The minimum atomic E-state index is 0.555. The van der Waals surface area contributed by atoms with Crippen LogP contribution in [-0.4, -0.2) is 36.4 Å². The van der Waals surface area contributed by atoms with Gasteiger partial charge in [0.25, 0.3) is 0 Å². The molecule has 0 bridgehead atoms.